The Hall–Kier alpha value is -2.61. The molecule has 2 N–H and O–H groups in total. The van der Waals surface area contributed by atoms with Gasteiger partial charge in [-0.15, -0.1) is 11.3 Å². The standard InChI is InChI=1S/C15H16N2O5S/c1-9(17-14(19)11-4-3-7-22-11)13(18)16-8-10-5-6-12(23-10)15(20)21-2/h3-7,9H,8H2,1-2H3,(H,16,18)(H,17,19)/t9-/m0/s1. The molecule has 0 saturated carbocycles. The van der Waals surface area contributed by atoms with Crippen molar-refractivity contribution >= 4 is 29.1 Å². The molecule has 0 aliphatic rings. The van der Waals surface area contributed by atoms with Crippen LogP contribution in [0.25, 0.3) is 0 Å². The molecule has 0 aliphatic heterocycles. The third-order valence-corrected chi connectivity index (χ3v) is 4.04. The van der Waals surface area contributed by atoms with Gasteiger partial charge in [0.15, 0.2) is 5.76 Å². The number of carbonyl (C=O) groups excluding carboxylic acids is 3. The van der Waals surface area contributed by atoms with Crippen LogP contribution in [0.2, 0.25) is 0 Å². The van der Waals surface area contributed by atoms with Crippen LogP contribution < -0.4 is 10.6 Å². The van der Waals surface area contributed by atoms with Crippen molar-refractivity contribution in [2.75, 3.05) is 7.11 Å². The summed E-state index contributed by atoms with van der Waals surface area (Å²) >= 11 is 1.24. The van der Waals surface area contributed by atoms with Gasteiger partial charge in [-0.1, -0.05) is 0 Å². The molecule has 0 aromatic carbocycles. The number of thiophene rings is 1. The Morgan fingerprint density at radius 3 is 2.74 bits per heavy atom. The largest absolute Gasteiger partial charge is 0.465 e. The second kappa shape index (κ2) is 7.59. The van der Waals surface area contributed by atoms with Crippen LogP contribution in [0.1, 0.15) is 32.0 Å². The maximum absolute atomic E-state index is 12.0. The van der Waals surface area contributed by atoms with Crippen molar-refractivity contribution in [1.29, 1.82) is 0 Å². The molecule has 0 radical (unpaired) electrons. The Kier molecular flexibility index (Phi) is 5.53. The van der Waals surface area contributed by atoms with Crippen molar-refractivity contribution in [3.8, 4) is 0 Å². The molecule has 8 heteroatoms. The van der Waals surface area contributed by atoms with Crippen molar-refractivity contribution in [3.63, 3.8) is 0 Å². The summed E-state index contributed by atoms with van der Waals surface area (Å²) in [6.45, 7) is 1.84. The predicted molar refractivity (Wildman–Crippen MR) is 83.1 cm³/mol. The minimum absolute atomic E-state index is 0.144. The van der Waals surface area contributed by atoms with Gasteiger partial charge in [0.1, 0.15) is 10.9 Å². The molecule has 2 amide bonds. The molecule has 2 aromatic rings. The second-order valence-electron chi connectivity index (χ2n) is 4.65. The van der Waals surface area contributed by atoms with E-state index in [0.717, 1.165) is 4.88 Å². The van der Waals surface area contributed by atoms with Crippen LogP contribution in [0.15, 0.2) is 34.9 Å². The summed E-state index contributed by atoms with van der Waals surface area (Å²) in [5.74, 6) is -1.06. The molecule has 0 saturated heterocycles. The zero-order valence-corrected chi connectivity index (χ0v) is 13.4. The quantitative estimate of drug-likeness (QED) is 0.780. The summed E-state index contributed by atoms with van der Waals surface area (Å²) in [4.78, 5) is 36.4. The van der Waals surface area contributed by atoms with Crippen molar-refractivity contribution in [3.05, 3.63) is 46.0 Å². The van der Waals surface area contributed by atoms with Crippen LogP contribution in [-0.4, -0.2) is 30.9 Å². The number of amides is 2. The minimum Gasteiger partial charge on any atom is -0.465 e. The normalized spacial score (nSPS) is 11.6. The van der Waals surface area contributed by atoms with Crippen LogP contribution in [-0.2, 0) is 16.1 Å². The van der Waals surface area contributed by atoms with Gasteiger partial charge in [-0.25, -0.2) is 4.79 Å². The lowest BCUT2D eigenvalue weighted by molar-refractivity contribution is -0.122. The van der Waals surface area contributed by atoms with Crippen LogP contribution in [0.4, 0.5) is 0 Å². The van der Waals surface area contributed by atoms with Crippen LogP contribution in [0.3, 0.4) is 0 Å². The van der Waals surface area contributed by atoms with Gasteiger partial charge in [0, 0.05) is 4.88 Å². The third-order valence-electron chi connectivity index (χ3n) is 2.97. The highest BCUT2D eigenvalue weighted by molar-refractivity contribution is 7.13. The molecule has 23 heavy (non-hydrogen) atoms. The molecule has 0 unspecified atom stereocenters. The molecule has 2 aromatic heterocycles. The molecule has 0 fully saturated rings. The maximum Gasteiger partial charge on any atom is 0.348 e. The summed E-state index contributed by atoms with van der Waals surface area (Å²) in [7, 11) is 1.31. The number of nitrogens with one attached hydrogen (secondary N) is 2. The van der Waals surface area contributed by atoms with E-state index >= 15 is 0 Å². The van der Waals surface area contributed by atoms with E-state index in [1.54, 1.807) is 25.1 Å². The summed E-state index contributed by atoms with van der Waals surface area (Å²) in [6.07, 6.45) is 1.38. The number of ether oxygens (including phenoxy) is 1. The molecule has 2 rings (SSSR count). The lowest BCUT2D eigenvalue weighted by Gasteiger charge is -2.12. The zero-order chi connectivity index (χ0) is 16.8. The molecular weight excluding hydrogens is 320 g/mol. The van der Waals surface area contributed by atoms with Crippen LogP contribution in [0.5, 0.6) is 0 Å². The van der Waals surface area contributed by atoms with E-state index in [0.29, 0.717) is 4.88 Å². The SMILES string of the molecule is COC(=O)c1ccc(CNC(=O)[C@H](C)NC(=O)c2ccco2)s1. The fraction of sp³-hybridized carbons (Fsp3) is 0.267. The monoisotopic (exact) mass is 336 g/mol. The van der Waals surface area contributed by atoms with Crippen molar-refractivity contribution in [2.45, 2.75) is 19.5 Å². The summed E-state index contributed by atoms with van der Waals surface area (Å²) < 4.78 is 9.58. The topological polar surface area (TPSA) is 97.6 Å². The highest BCUT2D eigenvalue weighted by Gasteiger charge is 2.18. The first-order chi connectivity index (χ1) is 11.0. The van der Waals surface area contributed by atoms with Gasteiger partial charge in [-0.3, -0.25) is 9.59 Å². The van der Waals surface area contributed by atoms with Gasteiger partial charge in [0.25, 0.3) is 5.91 Å². The fourth-order valence-electron chi connectivity index (χ4n) is 1.75. The Balaban J connectivity index is 1.83. The van der Waals surface area contributed by atoms with Gasteiger partial charge in [0.05, 0.1) is 19.9 Å². The van der Waals surface area contributed by atoms with E-state index in [9.17, 15) is 14.4 Å². The van der Waals surface area contributed by atoms with Crippen molar-refractivity contribution in [1.82, 2.24) is 10.6 Å². The molecule has 0 aliphatic carbocycles. The van der Waals surface area contributed by atoms with Gasteiger partial charge in [0.2, 0.25) is 5.91 Å². The van der Waals surface area contributed by atoms with Crippen molar-refractivity contribution in [2.24, 2.45) is 0 Å². The molecule has 122 valence electrons. The first-order valence-corrected chi connectivity index (χ1v) is 7.62. The number of rotatable bonds is 6. The number of hydrogen-bond donors (Lipinski definition) is 2. The molecule has 2 heterocycles. The lowest BCUT2D eigenvalue weighted by Crippen LogP contribution is -2.44. The van der Waals surface area contributed by atoms with Crippen LogP contribution in [0, 0.1) is 0 Å². The molecule has 1 atom stereocenters. The smallest absolute Gasteiger partial charge is 0.348 e. The number of carbonyl (C=O) groups is 3. The van der Waals surface area contributed by atoms with E-state index in [4.69, 9.17) is 4.42 Å². The van der Waals surface area contributed by atoms with Gasteiger partial charge in [-0.2, -0.15) is 0 Å². The van der Waals surface area contributed by atoms with Crippen LogP contribution >= 0.6 is 11.3 Å². The van der Waals surface area contributed by atoms with Gasteiger partial charge >= 0.3 is 5.97 Å². The van der Waals surface area contributed by atoms with E-state index in [1.807, 2.05) is 0 Å². The first-order valence-electron chi connectivity index (χ1n) is 6.80. The van der Waals surface area contributed by atoms with Gasteiger partial charge in [-0.05, 0) is 31.2 Å². The lowest BCUT2D eigenvalue weighted by atomic mass is 10.3. The summed E-state index contributed by atoms with van der Waals surface area (Å²) in [5.41, 5.74) is 0. The fourth-order valence-corrected chi connectivity index (χ4v) is 2.62. The maximum atomic E-state index is 12.0. The average molecular weight is 336 g/mol. The summed E-state index contributed by atoms with van der Waals surface area (Å²) in [5, 5.41) is 5.23. The predicted octanol–water partition coefficient (Wildman–Crippen LogP) is 1.56. The number of hydrogen-bond acceptors (Lipinski definition) is 6. The second-order valence-corrected chi connectivity index (χ2v) is 5.82. The number of methoxy groups -OCH3 is 1. The Morgan fingerprint density at radius 2 is 2.09 bits per heavy atom. The highest BCUT2D eigenvalue weighted by atomic mass is 32.1. The number of esters is 1. The Bertz CT molecular complexity index is 693. The van der Waals surface area contributed by atoms with Gasteiger partial charge < -0.3 is 19.8 Å². The Morgan fingerprint density at radius 1 is 1.30 bits per heavy atom. The molecule has 0 spiro atoms. The minimum atomic E-state index is -0.715. The van der Waals surface area contributed by atoms with E-state index < -0.39 is 17.9 Å². The molecule has 7 nitrogen and oxygen atoms in total. The Labute approximate surface area is 136 Å². The summed E-state index contributed by atoms with van der Waals surface area (Å²) in [6, 6.07) is 5.77. The first kappa shape index (κ1) is 16.8. The number of furan rings is 1. The van der Waals surface area contributed by atoms with E-state index in [-0.39, 0.29) is 18.2 Å². The average Bonchev–Trinajstić information content (AvgIpc) is 3.22. The third kappa shape index (κ3) is 4.43. The van der Waals surface area contributed by atoms with Crippen molar-refractivity contribution < 1.29 is 23.5 Å². The van der Waals surface area contributed by atoms with E-state index in [1.165, 1.54) is 30.8 Å². The highest BCUT2D eigenvalue weighted by Crippen LogP contribution is 2.17. The molecule has 0 bridgehead atoms. The molecular formula is C15H16N2O5S. The van der Waals surface area contributed by atoms with E-state index in [2.05, 4.69) is 15.4 Å². The zero-order valence-electron chi connectivity index (χ0n) is 12.6.